The number of nitrogens with one attached hydrogen (secondary N) is 1. The van der Waals surface area contributed by atoms with Crippen molar-refractivity contribution in [2.45, 2.75) is 6.92 Å². The van der Waals surface area contributed by atoms with Crippen LogP contribution in [-0.2, 0) is 4.79 Å². The largest absolute Gasteiger partial charge is 0.315 e. The topological polar surface area (TPSA) is 32.3 Å². The first-order valence-electron chi connectivity index (χ1n) is 5.34. The highest BCUT2D eigenvalue weighted by Gasteiger charge is 2.28. The molecule has 0 aromatic heterocycles. The third-order valence-electron chi connectivity index (χ3n) is 3.00. The molecule has 0 aliphatic carbocycles. The number of aryl methyl sites for hydroxylation is 1. The molecule has 0 bridgehead atoms. The van der Waals surface area contributed by atoms with Crippen molar-refractivity contribution in [2.24, 2.45) is 5.92 Å². The normalized spacial score (nSPS) is 14.8. The van der Waals surface area contributed by atoms with Crippen LogP contribution in [0.15, 0.2) is 18.2 Å². The summed E-state index contributed by atoms with van der Waals surface area (Å²) in [5, 5.41) is 3.79. The number of carbonyl (C=O) groups is 1. The van der Waals surface area contributed by atoms with Gasteiger partial charge in [0.15, 0.2) is 0 Å². The molecule has 0 radical (unpaired) electrons. The van der Waals surface area contributed by atoms with E-state index in [1.807, 2.05) is 25.1 Å². The van der Waals surface area contributed by atoms with Gasteiger partial charge in [0.25, 0.3) is 0 Å². The Morgan fingerprint density at radius 3 is 2.59 bits per heavy atom. The monoisotopic (exact) mass is 274 g/mol. The predicted molar refractivity (Wildman–Crippen MR) is 73.2 cm³/mol. The average molecular weight is 275 g/mol. The SMILES string of the molecule is Cc1ccc(N(C)C(=O)C2CNC2)cc1Cl.Cl. The van der Waals surface area contributed by atoms with Crippen LogP contribution < -0.4 is 10.2 Å². The summed E-state index contributed by atoms with van der Waals surface area (Å²) in [6, 6.07) is 5.69. The van der Waals surface area contributed by atoms with Crippen LogP contribution in [-0.4, -0.2) is 26.0 Å². The molecule has 2 rings (SSSR count). The molecule has 5 heteroatoms. The lowest BCUT2D eigenvalue weighted by atomic mass is 10.0. The molecule has 1 aliphatic rings. The van der Waals surface area contributed by atoms with E-state index in [9.17, 15) is 4.79 Å². The fourth-order valence-electron chi connectivity index (χ4n) is 1.65. The summed E-state index contributed by atoms with van der Waals surface area (Å²) in [6.45, 7) is 3.51. The Balaban J connectivity index is 0.00000144. The van der Waals surface area contributed by atoms with Gasteiger partial charge in [-0.1, -0.05) is 17.7 Å². The highest BCUT2D eigenvalue weighted by Crippen LogP contribution is 2.23. The lowest BCUT2D eigenvalue weighted by Crippen LogP contribution is -2.51. The van der Waals surface area contributed by atoms with E-state index in [2.05, 4.69) is 5.32 Å². The van der Waals surface area contributed by atoms with Gasteiger partial charge in [-0.15, -0.1) is 12.4 Å². The summed E-state index contributed by atoms with van der Waals surface area (Å²) >= 11 is 6.04. The van der Waals surface area contributed by atoms with Gasteiger partial charge in [0, 0.05) is 30.8 Å². The first-order chi connectivity index (χ1) is 7.59. The zero-order valence-corrected chi connectivity index (χ0v) is 11.4. The third kappa shape index (κ3) is 2.92. The van der Waals surface area contributed by atoms with Gasteiger partial charge in [-0.3, -0.25) is 4.79 Å². The summed E-state index contributed by atoms with van der Waals surface area (Å²) in [5.74, 6) is 0.267. The van der Waals surface area contributed by atoms with Crippen molar-refractivity contribution in [3.05, 3.63) is 28.8 Å². The molecule has 1 aromatic rings. The van der Waals surface area contributed by atoms with Crippen LogP contribution in [0.1, 0.15) is 5.56 Å². The molecule has 1 saturated heterocycles. The van der Waals surface area contributed by atoms with Crippen LogP contribution in [0.3, 0.4) is 0 Å². The Morgan fingerprint density at radius 2 is 2.12 bits per heavy atom. The minimum absolute atomic E-state index is 0. The van der Waals surface area contributed by atoms with Gasteiger partial charge in [0.1, 0.15) is 0 Å². The molecule has 3 nitrogen and oxygen atoms in total. The minimum Gasteiger partial charge on any atom is -0.315 e. The standard InChI is InChI=1S/C12H15ClN2O.ClH/c1-8-3-4-10(5-11(8)13)15(2)12(16)9-6-14-7-9;/h3-5,9,14H,6-7H2,1-2H3;1H. The van der Waals surface area contributed by atoms with E-state index >= 15 is 0 Å². The van der Waals surface area contributed by atoms with E-state index in [1.54, 1.807) is 11.9 Å². The van der Waals surface area contributed by atoms with E-state index in [0.717, 1.165) is 24.3 Å². The van der Waals surface area contributed by atoms with Crippen molar-refractivity contribution in [3.63, 3.8) is 0 Å². The van der Waals surface area contributed by atoms with Crippen molar-refractivity contribution in [1.82, 2.24) is 5.32 Å². The summed E-state index contributed by atoms with van der Waals surface area (Å²) < 4.78 is 0. The van der Waals surface area contributed by atoms with E-state index in [4.69, 9.17) is 11.6 Å². The maximum atomic E-state index is 12.0. The highest BCUT2D eigenvalue weighted by molar-refractivity contribution is 6.31. The number of rotatable bonds is 2. The molecule has 1 aliphatic heterocycles. The minimum atomic E-state index is 0. The van der Waals surface area contributed by atoms with Gasteiger partial charge in [-0.05, 0) is 24.6 Å². The van der Waals surface area contributed by atoms with Crippen LogP contribution in [0.25, 0.3) is 0 Å². The van der Waals surface area contributed by atoms with E-state index in [1.165, 1.54) is 0 Å². The maximum Gasteiger partial charge on any atom is 0.232 e. The first kappa shape index (κ1) is 14.3. The van der Waals surface area contributed by atoms with Gasteiger partial charge in [-0.2, -0.15) is 0 Å². The van der Waals surface area contributed by atoms with E-state index < -0.39 is 0 Å². The van der Waals surface area contributed by atoms with Crippen molar-refractivity contribution < 1.29 is 4.79 Å². The molecule has 17 heavy (non-hydrogen) atoms. The summed E-state index contributed by atoms with van der Waals surface area (Å²) in [4.78, 5) is 13.6. The Hall–Kier alpha value is -0.770. The highest BCUT2D eigenvalue weighted by atomic mass is 35.5. The second kappa shape index (κ2) is 5.71. The van der Waals surface area contributed by atoms with Gasteiger partial charge < -0.3 is 10.2 Å². The zero-order chi connectivity index (χ0) is 11.7. The Labute approximate surface area is 113 Å². The smallest absolute Gasteiger partial charge is 0.232 e. The Morgan fingerprint density at radius 1 is 1.47 bits per heavy atom. The van der Waals surface area contributed by atoms with Crippen molar-refractivity contribution in [3.8, 4) is 0 Å². The average Bonchev–Trinajstić information content (AvgIpc) is 2.18. The number of anilines is 1. The van der Waals surface area contributed by atoms with Gasteiger partial charge in [-0.25, -0.2) is 0 Å². The molecular formula is C12H16Cl2N2O. The van der Waals surface area contributed by atoms with Crippen LogP contribution >= 0.6 is 24.0 Å². The number of carbonyl (C=O) groups excluding carboxylic acids is 1. The lowest BCUT2D eigenvalue weighted by molar-refractivity contribution is -0.123. The van der Waals surface area contributed by atoms with Crippen LogP contribution in [0, 0.1) is 12.8 Å². The molecular weight excluding hydrogens is 259 g/mol. The summed E-state index contributed by atoms with van der Waals surface area (Å²) in [5.41, 5.74) is 1.88. The fourth-order valence-corrected chi connectivity index (χ4v) is 1.83. The quantitative estimate of drug-likeness (QED) is 0.897. The van der Waals surface area contributed by atoms with Gasteiger partial charge in [0.05, 0.1) is 5.92 Å². The molecule has 94 valence electrons. The van der Waals surface area contributed by atoms with Gasteiger partial charge in [0.2, 0.25) is 5.91 Å². The molecule has 0 saturated carbocycles. The summed E-state index contributed by atoms with van der Waals surface area (Å²) in [6.07, 6.45) is 0. The second-order valence-electron chi connectivity index (χ2n) is 4.19. The zero-order valence-electron chi connectivity index (χ0n) is 9.87. The first-order valence-corrected chi connectivity index (χ1v) is 5.72. The Kier molecular flexibility index (Phi) is 4.80. The maximum absolute atomic E-state index is 12.0. The number of benzene rings is 1. The van der Waals surface area contributed by atoms with Crippen molar-refractivity contribution in [2.75, 3.05) is 25.0 Å². The van der Waals surface area contributed by atoms with Crippen LogP contribution in [0.5, 0.6) is 0 Å². The molecule has 0 atom stereocenters. The summed E-state index contributed by atoms with van der Waals surface area (Å²) in [7, 11) is 1.79. The molecule has 0 spiro atoms. The number of hydrogen-bond acceptors (Lipinski definition) is 2. The number of halogens is 2. The molecule has 1 fully saturated rings. The van der Waals surface area contributed by atoms with Crippen molar-refractivity contribution >= 4 is 35.6 Å². The lowest BCUT2D eigenvalue weighted by Gasteiger charge is -2.30. The predicted octanol–water partition coefficient (Wildman–Crippen LogP) is 2.25. The van der Waals surface area contributed by atoms with E-state index in [0.29, 0.717) is 5.02 Å². The van der Waals surface area contributed by atoms with Crippen LogP contribution in [0.2, 0.25) is 5.02 Å². The fraction of sp³-hybridized carbons (Fsp3) is 0.417. The number of hydrogen-bond donors (Lipinski definition) is 1. The Bertz CT molecular complexity index is 419. The van der Waals surface area contributed by atoms with Gasteiger partial charge >= 0.3 is 0 Å². The number of nitrogens with zero attached hydrogens (tertiary/aromatic N) is 1. The molecule has 0 unspecified atom stereocenters. The molecule has 1 N–H and O–H groups in total. The second-order valence-corrected chi connectivity index (χ2v) is 4.59. The van der Waals surface area contributed by atoms with Crippen LogP contribution in [0.4, 0.5) is 5.69 Å². The molecule has 1 amide bonds. The van der Waals surface area contributed by atoms with E-state index in [-0.39, 0.29) is 24.2 Å². The number of amides is 1. The van der Waals surface area contributed by atoms with Crippen molar-refractivity contribution in [1.29, 1.82) is 0 Å². The molecule has 1 heterocycles. The third-order valence-corrected chi connectivity index (χ3v) is 3.41. The molecule has 1 aromatic carbocycles.